The van der Waals surface area contributed by atoms with E-state index in [2.05, 4.69) is 79.7 Å². The van der Waals surface area contributed by atoms with Gasteiger partial charge in [-0.3, -0.25) is 9.59 Å². The lowest BCUT2D eigenvalue weighted by atomic mass is 10.0. The molecular weight excluding hydrogens is 570 g/mol. The number of carbonyl (C=O) groups is 2. The molecule has 5 nitrogen and oxygen atoms in total. The summed E-state index contributed by atoms with van der Waals surface area (Å²) in [7, 11) is 0. The zero-order valence-electron chi connectivity index (χ0n) is 15.0. The van der Waals surface area contributed by atoms with E-state index in [0.717, 1.165) is 33.1 Å². The second-order valence-electron chi connectivity index (χ2n) is 6.02. The number of hydrogen-bond acceptors (Lipinski definition) is 3. The van der Waals surface area contributed by atoms with Gasteiger partial charge in [-0.2, -0.15) is 0 Å². The van der Waals surface area contributed by atoms with Crippen LogP contribution in [0, 0.1) is 0 Å². The fraction of sp³-hybridized carbons (Fsp3) is 0.300. The third-order valence-electron chi connectivity index (χ3n) is 4.14. The third-order valence-corrected chi connectivity index (χ3v) is 5.10. The van der Waals surface area contributed by atoms with Gasteiger partial charge in [-0.25, -0.2) is 0 Å². The van der Waals surface area contributed by atoms with E-state index in [1.54, 1.807) is 12.1 Å². The van der Waals surface area contributed by atoms with Crippen molar-refractivity contribution in [3.05, 3.63) is 54.1 Å². The Hall–Kier alpha value is -1.36. The van der Waals surface area contributed by atoms with Gasteiger partial charge in [0, 0.05) is 33.2 Å². The van der Waals surface area contributed by atoms with Gasteiger partial charge in [0.25, 0.3) is 5.91 Å². The van der Waals surface area contributed by atoms with Gasteiger partial charge in [0.15, 0.2) is 0 Å². The molecule has 0 fully saturated rings. The molecule has 0 saturated heterocycles. The number of nitrogens with zero attached hydrogens (tertiary/aromatic N) is 1. The van der Waals surface area contributed by atoms with Crippen LogP contribution in [0.1, 0.15) is 17.3 Å². The van der Waals surface area contributed by atoms with E-state index < -0.39 is 12.0 Å². The van der Waals surface area contributed by atoms with E-state index in [9.17, 15) is 9.59 Å². The summed E-state index contributed by atoms with van der Waals surface area (Å²) in [5.41, 5.74) is 3.75. The predicted molar refractivity (Wildman–Crippen MR) is 126 cm³/mol. The van der Waals surface area contributed by atoms with Crippen molar-refractivity contribution >= 4 is 62.7 Å². The Morgan fingerprint density at radius 3 is 1.89 bits per heavy atom. The summed E-state index contributed by atoms with van der Waals surface area (Å²) in [5, 5.41) is 11.3. The number of halogens is 2. The SMILES string of the molecule is C[C@H](NC(=O)c1ccc(-c2ccc(N(CCI)CCI)cc2)cc1)C(=O)O. The number of rotatable bonds is 9. The molecule has 0 heterocycles. The van der Waals surface area contributed by atoms with Crippen LogP contribution in [0.15, 0.2) is 48.5 Å². The first-order valence-electron chi connectivity index (χ1n) is 8.57. The molecule has 7 heteroatoms. The number of benzene rings is 2. The van der Waals surface area contributed by atoms with Gasteiger partial charge in [-0.05, 0) is 42.3 Å². The van der Waals surface area contributed by atoms with E-state index in [-0.39, 0.29) is 5.91 Å². The minimum Gasteiger partial charge on any atom is -0.480 e. The molecule has 0 bridgehead atoms. The number of amides is 1. The highest BCUT2D eigenvalue weighted by Crippen LogP contribution is 2.24. The smallest absolute Gasteiger partial charge is 0.325 e. The van der Waals surface area contributed by atoms with Crippen molar-refractivity contribution in [2.24, 2.45) is 0 Å². The lowest BCUT2D eigenvalue weighted by molar-refractivity contribution is -0.138. The summed E-state index contributed by atoms with van der Waals surface area (Å²) < 4.78 is 2.17. The van der Waals surface area contributed by atoms with E-state index in [1.807, 2.05) is 12.1 Å². The second kappa shape index (κ2) is 10.8. The predicted octanol–water partition coefficient (Wildman–Crippen LogP) is 4.23. The highest BCUT2D eigenvalue weighted by atomic mass is 127. The number of carboxylic acids is 1. The Bertz CT molecular complexity index is 758. The topological polar surface area (TPSA) is 69.6 Å². The van der Waals surface area contributed by atoms with Gasteiger partial charge in [0.1, 0.15) is 6.04 Å². The van der Waals surface area contributed by atoms with Crippen molar-refractivity contribution in [1.82, 2.24) is 5.32 Å². The molecule has 2 aromatic carbocycles. The summed E-state index contributed by atoms with van der Waals surface area (Å²) in [6, 6.07) is 14.7. The zero-order chi connectivity index (χ0) is 19.8. The molecule has 0 unspecified atom stereocenters. The largest absolute Gasteiger partial charge is 0.480 e. The lowest BCUT2D eigenvalue weighted by Gasteiger charge is -2.23. The molecule has 0 aliphatic rings. The number of alkyl halides is 2. The Kier molecular flexibility index (Phi) is 8.81. The Morgan fingerprint density at radius 2 is 1.44 bits per heavy atom. The fourth-order valence-corrected chi connectivity index (χ4v) is 3.76. The minimum absolute atomic E-state index is 0.389. The van der Waals surface area contributed by atoms with Crippen LogP contribution in [-0.4, -0.2) is 45.0 Å². The first-order chi connectivity index (χ1) is 13.0. The zero-order valence-corrected chi connectivity index (χ0v) is 19.3. The van der Waals surface area contributed by atoms with E-state index >= 15 is 0 Å². The molecule has 0 spiro atoms. The van der Waals surface area contributed by atoms with Crippen molar-refractivity contribution in [2.75, 3.05) is 26.8 Å². The highest BCUT2D eigenvalue weighted by Gasteiger charge is 2.15. The van der Waals surface area contributed by atoms with Crippen LogP contribution in [0.5, 0.6) is 0 Å². The first kappa shape index (κ1) is 21.9. The van der Waals surface area contributed by atoms with Crippen LogP contribution in [0.4, 0.5) is 5.69 Å². The van der Waals surface area contributed by atoms with Gasteiger partial charge in [-0.15, -0.1) is 0 Å². The average Bonchev–Trinajstić information content (AvgIpc) is 2.68. The Labute approximate surface area is 186 Å². The summed E-state index contributed by atoms with van der Waals surface area (Å²) in [6.07, 6.45) is 0. The molecule has 0 aliphatic heterocycles. The van der Waals surface area contributed by atoms with Gasteiger partial charge < -0.3 is 15.3 Å². The first-order valence-corrected chi connectivity index (χ1v) is 11.6. The molecular formula is C20H22I2N2O3. The number of nitrogens with one attached hydrogen (secondary N) is 1. The van der Waals surface area contributed by atoms with E-state index in [4.69, 9.17) is 5.11 Å². The molecule has 0 radical (unpaired) electrons. The van der Waals surface area contributed by atoms with Crippen molar-refractivity contribution in [2.45, 2.75) is 13.0 Å². The summed E-state index contributed by atoms with van der Waals surface area (Å²) >= 11 is 4.79. The fourth-order valence-electron chi connectivity index (χ4n) is 2.59. The van der Waals surface area contributed by atoms with Crippen molar-refractivity contribution in [1.29, 1.82) is 0 Å². The quantitative estimate of drug-likeness (QED) is 0.338. The molecule has 0 aliphatic carbocycles. The van der Waals surface area contributed by atoms with Gasteiger partial charge >= 0.3 is 5.97 Å². The standard InChI is InChI=1S/C20H22I2N2O3/c1-14(20(26)27)23-19(25)17-4-2-15(3-5-17)16-6-8-18(9-7-16)24(12-10-21)13-11-22/h2-9,14H,10-13H2,1H3,(H,23,25)(H,26,27)/t14-/m0/s1. The number of aliphatic carboxylic acids is 1. The van der Waals surface area contributed by atoms with Crippen LogP contribution in [0.2, 0.25) is 0 Å². The molecule has 2 N–H and O–H groups in total. The molecule has 27 heavy (non-hydrogen) atoms. The summed E-state index contributed by atoms with van der Waals surface area (Å²) in [4.78, 5) is 25.3. The Morgan fingerprint density at radius 1 is 0.963 bits per heavy atom. The molecule has 2 rings (SSSR count). The number of carbonyl (C=O) groups excluding carboxylic acids is 1. The van der Waals surface area contributed by atoms with Crippen molar-refractivity contribution in [3.63, 3.8) is 0 Å². The highest BCUT2D eigenvalue weighted by molar-refractivity contribution is 14.1. The summed E-state index contributed by atoms with van der Waals surface area (Å²) in [5.74, 6) is -1.45. The molecule has 2 aromatic rings. The molecule has 1 atom stereocenters. The van der Waals surface area contributed by atoms with Crippen LogP contribution < -0.4 is 10.2 Å². The van der Waals surface area contributed by atoms with Gasteiger partial charge in [0.2, 0.25) is 0 Å². The Balaban J connectivity index is 2.10. The van der Waals surface area contributed by atoms with Crippen LogP contribution in [-0.2, 0) is 4.79 Å². The maximum Gasteiger partial charge on any atom is 0.325 e. The number of carboxylic acid groups (broad SMARTS) is 1. The maximum absolute atomic E-state index is 12.1. The average molecular weight is 592 g/mol. The van der Waals surface area contributed by atoms with Crippen molar-refractivity contribution in [3.8, 4) is 11.1 Å². The monoisotopic (exact) mass is 592 g/mol. The van der Waals surface area contributed by atoms with E-state index in [0.29, 0.717) is 5.56 Å². The van der Waals surface area contributed by atoms with Crippen LogP contribution >= 0.6 is 45.2 Å². The van der Waals surface area contributed by atoms with Crippen LogP contribution in [0.25, 0.3) is 11.1 Å². The molecule has 0 saturated carbocycles. The van der Waals surface area contributed by atoms with Crippen molar-refractivity contribution < 1.29 is 14.7 Å². The lowest BCUT2D eigenvalue weighted by Crippen LogP contribution is -2.38. The third kappa shape index (κ3) is 6.34. The second-order valence-corrected chi connectivity index (χ2v) is 8.18. The summed E-state index contributed by atoms with van der Waals surface area (Å²) in [6.45, 7) is 3.50. The normalized spacial score (nSPS) is 11.7. The van der Waals surface area contributed by atoms with E-state index in [1.165, 1.54) is 12.6 Å². The molecule has 144 valence electrons. The molecule has 0 aromatic heterocycles. The number of hydrogen-bond donors (Lipinski definition) is 2. The minimum atomic E-state index is -1.06. The van der Waals surface area contributed by atoms with Gasteiger partial charge in [-0.1, -0.05) is 69.4 Å². The maximum atomic E-state index is 12.1. The number of anilines is 1. The molecule has 1 amide bonds. The van der Waals surface area contributed by atoms with Crippen LogP contribution in [0.3, 0.4) is 0 Å². The van der Waals surface area contributed by atoms with Gasteiger partial charge in [0.05, 0.1) is 0 Å².